The molecule has 1 fully saturated rings. The zero-order chi connectivity index (χ0) is 12.1. The first-order chi connectivity index (χ1) is 8.25. The second-order valence-electron chi connectivity index (χ2n) is 4.23. The van der Waals surface area contributed by atoms with Crippen LogP contribution >= 0.6 is 11.5 Å². The maximum absolute atomic E-state index is 11.5. The molecule has 1 heterocycles. The molecule has 6 nitrogen and oxygen atoms in total. The fourth-order valence-corrected chi connectivity index (χ4v) is 2.44. The smallest absolute Gasteiger partial charge is 0.319 e. The van der Waals surface area contributed by atoms with E-state index in [9.17, 15) is 9.90 Å². The van der Waals surface area contributed by atoms with Gasteiger partial charge in [-0.25, -0.2) is 4.79 Å². The van der Waals surface area contributed by atoms with Gasteiger partial charge in [-0.05, 0) is 12.8 Å². The number of hydrogen-bond acceptors (Lipinski definition) is 5. The number of nitrogens with zero attached hydrogens (tertiary/aromatic N) is 2. The predicted molar refractivity (Wildman–Crippen MR) is 64.9 cm³/mol. The van der Waals surface area contributed by atoms with Crippen molar-refractivity contribution in [3.05, 3.63) is 6.20 Å². The molecule has 0 unspecified atom stereocenters. The Bertz CT molecular complexity index is 357. The first-order valence-electron chi connectivity index (χ1n) is 5.76. The molecule has 0 spiro atoms. The van der Waals surface area contributed by atoms with E-state index in [4.69, 9.17) is 0 Å². The van der Waals surface area contributed by atoms with Crippen LogP contribution in [0.2, 0.25) is 0 Å². The Labute approximate surface area is 104 Å². The zero-order valence-electron chi connectivity index (χ0n) is 9.43. The molecule has 2 rings (SSSR count). The van der Waals surface area contributed by atoms with Crippen molar-refractivity contribution in [1.29, 1.82) is 0 Å². The normalized spacial score (nSPS) is 24.3. The third-order valence-corrected chi connectivity index (χ3v) is 3.57. The highest BCUT2D eigenvalue weighted by atomic mass is 32.1. The SMILES string of the molecule is O=C(NC[C@H]1CCCC[C@H]1O)Nc1cnns1. The van der Waals surface area contributed by atoms with Crippen molar-refractivity contribution in [2.45, 2.75) is 31.8 Å². The van der Waals surface area contributed by atoms with Gasteiger partial charge in [0.1, 0.15) is 5.00 Å². The van der Waals surface area contributed by atoms with E-state index in [1.165, 1.54) is 6.20 Å². The van der Waals surface area contributed by atoms with Crippen LogP contribution in [0, 0.1) is 5.92 Å². The predicted octanol–water partition coefficient (Wildman–Crippen LogP) is 1.21. The van der Waals surface area contributed by atoms with Crippen LogP contribution in [0.4, 0.5) is 9.80 Å². The second-order valence-corrected chi connectivity index (χ2v) is 5.01. The molecule has 0 aromatic carbocycles. The molecule has 7 heteroatoms. The van der Waals surface area contributed by atoms with E-state index in [2.05, 4.69) is 20.2 Å². The first kappa shape index (κ1) is 12.3. The lowest BCUT2D eigenvalue weighted by molar-refractivity contribution is 0.0712. The summed E-state index contributed by atoms with van der Waals surface area (Å²) in [5, 5.41) is 19.4. The lowest BCUT2D eigenvalue weighted by Gasteiger charge is -2.27. The average molecular weight is 256 g/mol. The number of carbonyl (C=O) groups excluding carboxylic acids is 1. The van der Waals surface area contributed by atoms with Gasteiger partial charge in [-0.3, -0.25) is 5.32 Å². The van der Waals surface area contributed by atoms with Crippen LogP contribution in [0.3, 0.4) is 0 Å². The minimum absolute atomic E-state index is 0.175. The molecule has 1 aromatic heterocycles. The highest BCUT2D eigenvalue weighted by Gasteiger charge is 2.23. The number of rotatable bonds is 3. The molecule has 2 atom stereocenters. The Balaban J connectivity index is 1.72. The second kappa shape index (κ2) is 5.92. The Kier molecular flexibility index (Phi) is 4.27. The lowest BCUT2D eigenvalue weighted by atomic mass is 9.86. The van der Waals surface area contributed by atoms with Gasteiger partial charge in [0.25, 0.3) is 0 Å². The van der Waals surface area contributed by atoms with Gasteiger partial charge in [-0.15, -0.1) is 5.10 Å². The number of carbonyl (C=O) groups is 1. The number of aliphatic hydroxyl groups excluding tert-OH is 1. The molecule has 0 saturated heterocycles. The van der Waals surface area contributed by atoms with E-state index in [0.717, 1.165) is 37.2 Å². The maximum Gasteiger partial charge on any atom is 0.319 e. The largest absolute Gasteiger partial charge is 0.393 e. The number of aromatic nitrogens is 2. The molecule has 1 saturated carbocycles. The van der Waals surface area contributed by atoms with Gasteiger partial charge in [0, 0.05) is 24.0 Å². The molecule has 94 valence electrons. The summed E-state index contributed by atoms with van der Waals surface area (Å²) in [6.45, 7) is 0.513. The Hall–Kier alpha value is -1.21. The quantitative estimate of drug-likeness (QED) is 0.758. The fourth-order valence-electron chi connectivity index (χ4n) is 2.03. The molecule has 17 heavy (non-hydrogen) atoms. The van der Waals surface area contributed by atoms with Gasteiger partial charge in [0.15, 0.2) is 0 Å². The maximum atomic E-state index is 11.5. The van der Waals surface area contributed by atoms with Gasteiger partial charge in [0.2, 0.25) is 0 Å². The number of aliphatic hydroxyl groups is 1. The molecule has 2 amide bonds. The van der Waals surface area contributed by atoms with E-state index in [-0.39, 0.29) is 18.1 Å². The summed E-state index contributed by atoms with van der Waals surface area (Å²) in [7, 11) is 0. The summed E-state index contributed by atoms with van der Waals surface area (Å²) in [5.74, 6) is 0.175. The summed E-state index contributed by atoms with van der Waals surface area (Å²) in [5.41, 5.74) is 0. The molecule has 1 aromatic rings. The minimum atomic E-state index is -0.283. The molecular weight excluding hydrogens is 240 g/mol. The third kappa shape index (κ3) is 3.64. The van der Waals surface area contributed by atoms with Crippen LogP contribution in [0.1, 0.15) is 25.7 Å². The van der Waals surface area contributed by atoms with Crippen LogP contribution in [0.25, 0.3) is 0 Å². The molecule has 0 aliphatic heterocycles. The molecule has 1 aliphatic carbocycles. The van der Waals surface area contributed by atoms with Gasteiger partial charge < -0.3 is 10.4 Å². The Morgan fingerprint density at radius 2 is 2.35 bits per heavy atom. The number of nitrogens with one attached hydrogen (secondary N) is 2. The zero-order valence-corrected chi connectivity index (χ0v) is 10.2. The standard InChI is InChI=1S/C10H16N4O2S/c15-8-4-2-1-3-7(8)5-11-10(16)13-9-6-12-14-17-9/h6-8,15H,1-5H2,(H2,11,13,16)/t7-,8-/m1/s1. The van der Waals surface area contributed by atoms with Gasteiger partial charge in [-0.1, -0.05) is 17.3 Å². The van der Waals surface area contributed by atoms with Crippen molar-refractivity contribution >= 4 is 22.6 Å². The highest BCUT2D eigenvalue weighted by Crippen LogP contribution is 2.23. The Morgan fingerprint density at radius 1 is 1.53 bits per heavy atom. The van der Waals surface area contributed by atoms with E-state index in [0.29, 0.717) is 11.5 Å². The van der Waals surface area contributed by atoms with Crippen molar-refractivity contribution in [3.63, 3.8) is 0 Å². The van der Waals surface area contributed by atoms with Crippen LogP contribution in [-0.2, 0) is 0 Å². The lowest BCUT2D eigenvalue weighted by Crippen LogP contribution is -2.38. The highest BCUT2D eigenvalue weighted by molar-refractivity contribution is 7.10. The number of hydrogen-bond donors (Lipinski definition) is 3. The van der Waals surface area contributed by atoms with Crippen LogP contribution in [-0.4, -0.2) is 33.4 Å². The number of urea groups is 1. The minimum Gasteiger partial charge on any atom is -0.393 e. The fraction of sp³-hybridized carbons (Fsp3) is 0.700. The third-order valence-electron chi connectivity index (χ3n) is 2.99. The monoisotopic (exact) mass is 256 g/mol. The van der Waals surface area contributed by atoms with Crippen LogP contribution < -0.4 is 10.6 Å². The van der Waals surface area contributed by atoms with Gasteiger partial charge in [0.05, 0.1) is 12.3 Å². The Morgan fingerprint density at radius 3 is 3.06 bits per heavy atom. The molecule has 1 aliphatic rings. The van der Waals surface area contributed by atoms with Crippen molar-refractivity contribution in [1.82, 2.24) is 14.9 Å². The summed E-state index contributed by atoms with van der Waals surface area (Å²) < 4.78 is 3.65. The summed E-state index contributed by atoms with van der Waals surface area (Å²) in [4.78, 5) is 11.5. The van der Waals surface area contributed by atoms with Gasteiger partial charge in [-0.2, -0.15) is 0 Å². The number of amides is 2. The summed E-state index contributed by atoms with van der Waals surface area (Å²) >= 11 is 1.13. The molecule has 0 radical (unpaired) electrons. The number of anilines is 1. The van der Waals surface area contributed by atoms with Crippen molar-refractivity contribution in [2.24, 2.45) is 5.92 Å². The topological polar surface area (TPSA) is 87.1 Å². The van der Waals surface area contributed by atoms with Crippen LogP contribution in [0.5, 0.6) is 0 Å². The first-order valence-corrected chi connectivity index (χ1v) is 6.53. The molecule has 3 N–H and O–H groups in total. The molecule has 0 bridgehead atoms. The molecular formula is C10H16N4O2S. The van der Waals surface area contributed by atoms with E-state index in [1.54, 1.807) is 0 Å². The van der Waals surface area contributed by atoms with Gasteiger partial charge >= 0.3 is 6.03 Å². The van der Waals surface area contributed by atoms with Crippen molar-refractivity contribution in [2.75, 3.05) is 11.9 Å². The van der Waals surface area contributed by atoms with Crippen molar-refractivity contribution < 1.29 is 9.90 Å². The average Bonchev–Trinajstić information content (AvgIpc) is 2.81. The van der Waals surface area contributed by atoms with Crippen LogP contribution in [0.15, 0.2) is 6.20 Å². The van der Waals surface area contributed by atoms with E-state index in [1.807, 2.05) is 0 Å². The van der Waals surface area contributed by atoms with Crippen molar-refractivity contribution in [3.8, 4) is 0 Å². The summed E-state index contributed by atoms with van der Waals surface area (Å²) in [6.07, 6.45) is 5.24. The van der Waals surface area contributed by atoms with E-state index < -0.39 is 0 Å². The summed E-state index contributed by atoms with van der Waals surface area (Å²) in [6, 6.07) is -0.270. The van der Waals surface area contributed by atoms with E-state index >= 15 is 0 Å².